The van der Waals surface area contributed by atoms with Crippen molar-refractivity contribution in [3.63, 3.8) is 0 Å². The van der Waals surface area contributed by atoms with E-state index >= 15 is 0 Å². The van der Waals surface area contributed by atoms with Gasteiger partial charge in [-0.15, -0.1) is 0 Å². The molecule has 5 heteroatoms. The zero-order chi connectivity index (χ0) is 18.1. The van der Waals surface area contributed by atoms with Crippen LogP contribution in [0.1, 0.15) is 27.4 Å². The largest absolute Gasteiger partial charge is 0.504 e. The molecule has 4 nitrogen and oxygen atoms in total. The highest BCUT2D eigenvalue weighted by Gasteiger charge is 2.22. The van der Waals surface area contributed by atoms with Gasteiger partial charge in [0.05, 0.1) is 5.39 Å². The van der Waals surface area contributed by atoms with Crippen LogP contribution in [0.2, 0.25) is 0 Å². The van der Waals surface area contributed by atoms with Gasteiger partial charge in [0, 0.05) is 6.20 Å². The van der Waals surface area contributed by atoms with E-state index in [4.69, 9.17) is 4.42 Å². The summed E-state index contributed by atoms with van der Waals surface area (Å²) in [5, 5.41) is 10.9. The number of carbonyl (C=O) groups excluding carboxylic acids is 1. The SMILES string of the molecule is O=C(c1ccccn1)c1oc2ccc(Cc3ccc(F)cc3)cc2c1O. The summed E-state index contributed by atoms with van der Waals surface area (Å²) in [5.74, 6) is -1.08. The molecule has 26 heavy (non-hydrogen) atoms. The fourth-order valence-corrected chi connectivity index (χ4v) is 2.85. The monoisotopic (exact) mass is 347 g/mol. The summed E-state index contributed by atoms with van der Waals surface area (Å²) < 4.78 is 18.6. The van der Waals surface area contributed by atoms with Crippen molar-refractivity contribution < 1.29 is 18.7 Å². The molecule has 2 heterocycles. The van der Waals surface area contributed by atoms with Crippen molar-refractivity contribution in [1.82, 2.24) is 4.98 Å². The lowest BCUT2D eigenvalue weighted by molar-refractivity contribution is 0.100. The molecule has 4 rings (SSSR count). The first-order valence-electron chi connectivity index (χ1n) is 8.06. The number of hydrogen-bond acceptors (Lipinski definition) is 4. The van der Waals surface area contributed by atoms with Gasteiger partial charge in [0.2, 0.25) is 11.5 Å². The average molecular weight is 347 g/mol. The molecule has 0 aliphatic heterocycles. The number of nitrogens with zero attached hydrogens (tertiary/aromatic N) is 1. The van der Waals surface area contributed by atoms with Gasteiger partial charge in [-0.05, 0) is 53.9 Å². The molecule has 0 saturated heterocycles. The molecule has 0 atom stereocenters. The summed E-state index contributed by atoms with van der Waals surface area (Å²) in [4.78, 5) is 16.5. The van der Waals surface area contributed by atoms with Gasteiger partial charge in [-0.1, -0.05) is 24.3 Å². The van der Waals surface area contributed by atoms with E-state index in [1.54, 1.807) is 42.5 Å². The summed E-state index contributed by atoms with van der Waals surface area (Å²) >= 11 is 0. The number of furan rings is 1. The predicted molar refractivity (Wildman–Crippen MR) is 94.8 cm³/mol. The molecule has 0 aliphatic carbocycles. The third-order valence-electron chi connectivity index (χ3n) is 4.15. The van der Waals surface area contributed by atoms with Gasteiger partial charge in [0.1, 0.15) is 17.1 Å². The average Bonchev–Trinajstić information content (AvgIpc) is 3.00. The first-order chi connectivity index (χ1) is 12.6. The number of fused-ring (bicyclic) bond motifs is 1. The van der Waals surface area contributed by atoms with Gasteiger partial charge in [-0.3, -0.25) is 9.78 Å². The summed E-state index contributed by atoms with van der Waals surface area (Å²) in [5.41, 5.74) is 2.48. The van der Waals surface area contributed by atoms with Crippen LogP contribution in [0.25, 0.3) is 11.0 Å². The maximum atomic E-state index is 13.0. The Labute approximate surface area is 148 Å². The topological polar surface area (TPSA) is 63.3 Å². The second-order valence-electron chi connectivity index (χ2n) is 5.96. The Morgan fingerprint density at radius 1 is 1.04 bits per heavy atom. The van der Waals surface area contributed by atoms with Crippen LogP contribution in [-0.4, -0.2) is 15.9 Å². The minimum atomic E-state index is -0.473. The molecule has 4 aromatic rings. The Balaban J connectivity index is 1.69. The Bertz CT molecular complexity index is 1090. The third-order valence-corrected chi connectivity index (χ3v) is 4.15. The minimum Gasteiger partial charge on any atom is -0.504 e. The lowest BCUT2D eigenvalue weighted by atomic mass is 10.0. The normalized spacial score (nSPS) is 11.0. The van der Waals surface area contributed by atoms with E-state index < -0.39 is 5.78 Å². The van der Waals surface area contributed by atoms with E-state index in [0.717, 1.165) is 11.1 Å². The van der Waals surface area contributed by atoms with Crippen LogP contribution in [0.4, 0.5) is 4.39 Å². The standard InChI is InChI=1S/C21H14FNO3/c22-15-7-4-13(5-8-15)11-14-6-9-18-16(12-14)19(24)21(26-18)20(25)17-3-1-2-10-23-17/h1-10,12,24H,11H2. The van der Waals surface area contributed by atoms with Crippen LogP contribution in [0.3, 0.4) is 0 Å². The van der Waals surface area contributed by atoms with Crippen molar-refractivity contribution in [3.05, 3.63) is 95.3 Å². The van der Waals surface area contributed by atoms with Crippen LogP contribution in [0, 0.1) is 5.82 Å². The molecular weight excluding hydrogens is 333 g/mol. The molecule has 0 saturated carbocycles. The minimum absolute atomic E-state index is 0.127. The van der Waals surface area contributed by atoms with Gasteiger partial charge in [-0.2, -0.15) is 0 Å². The Morgan fingerprint density at radius 2 is 1.81 bits per heavy atom. The quantitative estimate of drug-likeness (QED) is 0.552. The van der Waals surface area contributed by atoms with E-state index in [1.807, 2.05) is 6.07 Å². The van der Waals surface area contributed by atoms with Crippen molar-refractivity contribution in [3.8, 4) is 5.75 Å². The zero-order valence-corrected chi connectivity index (χ0v) is 13.6. The number of carbonyl (C=O) groups is 1. The van der Waals surface area contributed by atoms with E-state index in [0.29, 0.717) is 17.4 Å². The van der Waals surface area contributed by atoms with Crippen molar-refractivity contribution in [2.45, 2.75) is 6.42 Å². The van der Waals surface area contributed by atoms with Crippen LogP contribution < -0.4 is 0 Å². The van der Waals surface area contributed by atoms with E-state index in [9.17, 15) is 14.3 Å². The van der Waals surface area contributed by atoms with E-state index in [2.05, 4.69) is 4.98 Å². The number of rotatable bonds is 4. The highest BCUT2D eigenvalue weighted by Crippen LogP contribution is 2.34. The summed E-state index contributed by atoms with van der Waals surface area (Å²) in [6.45, 7) is 0. The molecule has 0 radical (unpaired) electrons. The predicted octanol–water partition coefficient (Wildman–Crippen LogP) is 4.49. The number of hydrogen-bond donors (Lipinski definition) is 1. The number of aromatic nitrogens is 1. The second-order valence-corrected chi connectivity index (χ2v) is 5.96. The van der Waals surface area contributed by atoms with Gasteiger partial charge < -0.3 is 9.52 Å². The first-order valence-corrected chi connectivity index (χ1v) is 8.06. The van der Waals surface area contributed by atoms with Gasteiger partial charge in [0.25, 0.3) is 0 Å². The van der Waals surface area contributed by atoms with Gasteiger partial charge in [0.15, 0.2) is 5.75 Å². The molecule has 0 aliphatic rings. The molecule has 128 valence electrons. The van der Waals surface area contributed by atoms with Crippen molar-refractivity contribution >= 4 is 16.8 Å². The summed E-state index contributed by atoms with van der Waals surface area (Å²) in [7, 11) is 0. The fourth-order valence-electron chi connectivity index (χ4n) is 2.85. The highest BCUT2D eigenvalue weighted by molar-refractivity contribution is 6.10. The maximum absolute atomic E-state index is 13.0. The van der Waals surface area contributed by atoms with Crippen molar-refractivity contribution in [1.29, 1.82) is 0 Å². The van der Waals surface area contributed by atoms with Crippen LogP contribution in [0.5, 0.6) is 5.75 Å². The summed E-state index contributed by atoms with van der Waals surface area (Å²) in [6.07, 6.45) is 2.08. The number of ketones is 1. The molecule has 0 fully saturated rings. The molecule has 0 amide bonds. The molecule has 0 unspecified atom stereocenters. The Kier molecular flexibility index (Phi) is 3.97. The van der Waals surface area contributed by atoms with E-state index in [1.165, 1.54) is 18.3 Å². The second kappa shape index (κ2) is 6.44. The summed E-state index contributed by atoms with van der Waals surface area (Å²) in [6, 6.07) is 16.5. The van der Waals surface area contributed by atoms with E-state index in [-0.39, 0.29) is 23.0 Å². The van der Waals surface area contributed by atoms with Crippen molar-refractivity contribution in [2.24, 2.45) is 0 Å². The van der Waals surface area contributed by atoms with Crippen LogP contribution in [0.15, 0.2) is 71.3 Å². The molecule has 0 bridgehead atoms. The molecule has 2 aromatic heterocycles. The van der Waals surface area contributed by atoms with Crippen LogP contribution in [-0.2, 0) is 6.42 Å². The zero-order valence-electron chi connectivity index (χ0n) is 13.6. The highest BCUT2D eigenvalue weighted by atomic mass is 19.1. The molecule has 0 spiro atoms. The molecule has 1 N–H and O–H groups in total. The number of halogens is 1. The number of pyridine rings is 1. The van der Waals surface area contributed by atoms with Gasteiger partial charge >= 0.3 is 0 Å². The van der Waals surface area contributed by atoms with Crippen molar-refractivity contribution in [2.75, 3.05) is 0 Å². The first kappa shape index (κ1) is 16.0. The fraction of sp³-hybridized carbons (Fsp3) is 0.0476. The lowest BCUT2D eigenvalue weighted by Crippen LogP contribution is -2.02. The third kappa shape index (κ3) is 2.95. The smallest absolute Gasteiger partial charge is 0.250 e. The van der Waals surface area contributed by atoms with Crippen LogP contribution >= 0.6 is 0 Å². The van der Waals surface area contributed by atoms with Gasteiger partial charge in [-0.25, -0.2) is 4.39 Å². The molecule has 2 aromatic carbocycles. The Morgan fingerprint density at radius 3 is 2.54 bits per heavy atom. The maximum Gasteiger partial charge on any atom is 0.250 e. The number of benzene rings is 2. The Hall–Kier alpha value is -3.47. The lowest BCUT2D eigenvalue weighted by Gasteiger charge is -2.02. The number of aromatic hydroxyl groups is 1. The molecular formula is C21H14FNO3.